The Labute approximate surface area is 88.2 Å². The van der Waals surface area contributed by atoms with Gasteiger partial charge in [-0.15, -0.1) is 0 Å². The smallest absolute Gasteiger partial charge is 0.308 e. The Hall–Kier alpha value is -1.84. The van der Waals surface area contributed by atoms with E-state index in [0.717, 1.165) is 11.1 Å². The predicted molar refractivity (Wildman–Crippen MR) is 56.7 cm³/mol. The average Bonchev–Trinajstić information content (AvgIpc) is 2.20. The maximum atomic E-state index is 10.1. The van der Waals surface area contributed by atoms with Gasteiger partial charge in [-0.25, -0.2) is 0 Å². The van der Waals surface area contributed by atoms with E-state index in [1.54, 1.807) is 0 Å². The fraction of sp³-hybridized carbons (Fsp3) is 0.273. The summed E-state index contributed by atoms with van der Waals surface area (Å²) >= 11 is 0. The van der Waals surface area contributed by atoms with Crippen molar-refractivity contribution in [2.24, 2.45) is 5.16 Å². The molecule has 0 saturated carbocycles. The van der Waals surface area contributed by atoms with Gasteiger partial charge in [-0.2, -0.15) is 0 Å². The molecule has 15 heavy (non-hydrogen) atoms. The minimum atomic E-state index is -0.918. The summed E-state index contributed by atoms with van der Waals surface area (Å²) in [6, 6.07) is 7.81. The zero-order valence-corrected chi connectivity index (χ0v) is 8.51. The van der Waals surface area contributed by atoms with Crippen molar-refractivity contribution in [2.75, 3.05) is 0 Å². The largest absolute Gasteiger partial charge is 0.481 e. The van der Waals surface area contributed by atoms with Gasteiger partial charge >= 0.3 is 5.97 Å². The van der Waals surface area contributed by atoms with Crippen molar-refractivity contribution in [3.63, 3.8) is 0 Å². The van der Waals surface area contributed by atoms with E-state index in [1.807, 2.05) is 31.2 Å². The van der Waals surface area contributed by atoms with Gasteiger partial charge in [-0.3, -0.25) is 4.79 Å². The number of aryl methyl sites for hydroxylation is 1. The number of hydrogen-bond donors (Lipinski definition) is 1. The normalized spacial score (nSPS) is 10.5. The Morgan fingerprint density at radius 3 is 2.93 bits per heavy atom. The molecule has 80 valence electrons. The van der Waals surface area contributed by atoms with E-state index < -0.39 is 5.97 Å². The molecule has 0 bridgehead atoms. The Bertz CT molecular complexity index is 361. The molecular weight excluding hydrogens is 194 g/mol. The predicted octanol–water partition coefficient (Wildman–Crippen LogP) is 1.97. The topological polar surface area (TPSA) is 58.9 Å². The first-order chi connectivity index (χ1) is 7.20. The van der Waals surface area contributed by atoms with Gasteiger partial charge in [0.15, 0.2) is 0 Å². The number of hydrogen-bond acceptors (Lipinski definition) is 3. The van der Waals surface area contributed by atoms with Gasteiger partial charge in [0.1, 0.15) is 6.61 Å². The van der Waals surface area contributed by atoms with Crippen molar-refractivity contribution in [3.05, 3.63) is 35.4 Å². The monoisotopic (exact) mass is 207 g/mol. The molecule has 0 aliphatic rings. The molecule has 4 heteroatoms. The number of carbonyl (C=O) groups is 1. The molecule has 0 amide bonds. The number of aliphatic carboxylic acids is 1. The van der Waals surface area contributed by atoms with Crippen LogP contribution in [0.5, 0.6) is 0 Å². The van der Waals surface area contributed by atoms with Crippen LogP contribution in [0.4, 0.5) is 0 Å². The minimum absolute atomic E-state index is 0.117. The molecule has 0 unspecified atom stereocenters. The van der Waals surface area contributed by atoms with Crippen molar-refractivity contribution in [2.45, 2.75) is 20.0 Å². The minimum Gasteiger partial charge on any atom is -0.481 e. The standard InChI is InChI=1S/C11H13NO3/c1-9-4-2-3-5-10(9)8-15-12-7-6-11(13)14/h2-5,7H,6,8H2,1H3,(H,13,14)/b12-7-. The van der Waals surface area contributed by atoms with E-state index >= 15 is 0 Å². The van der Waals surface area contributed by atoms with E-state index in [9.17, 15) is 4.79 Å². The summed E-state index contributed by atoms with van der Waals surface area (Å²) in [6.07, 6.45) is 1.12. The highest BCUT2D eigenvalue weighted by atomic mass is 16.6. The fourth-order valence-electron chi connectivity index (χ4n) is 1.05. The van der Waals surface area contributed by atoms with Gasteiger partial charge in [0.05, 0.1) is 12.6 Å². The van der Waals surface area contributed by atoms with E-state index in [1.165, 1.54) is 6.21 Å². The van der Waals surface area contributed by atoms with Crippen LogP contribution in [0, 0.1) is 6.92 Å². The van der Waals surface area contributed by atoms with Crippen molar-refractivity contribution >= 4 is 12.2 Å². The molecule has 1 N–H and O–H groups in total. The van der Waals surface area contributed by atoms with Crippen LogP contribution in [0.2, 0.25) is 0 Å². The van der Waals surface area contributed by atoms with Crippen LogP contribution >= 0.6 is 0 Å². The zero-order valence-electron chi connectivity index (χ0n) is 8.51. The summed E-state index contributed by atoms with van der Waals surface area (Å²) in [5, 5.41) is 11.9. The molecule has 1 aromatic rings. The molecule has 0 radical (unpaired) electrons. The maximum Gasteiger partial charge on any atom is 0.308 e. The lowest BCUT2D eigenvalue weighted by Crippen LogP contribution is -1.95. The molecule has 1 aromatic carbocycles. The summed E-state index contributed by atoms with van der Waals surface area (Å²) in [6.45, 7) is 2.35. The molecule has 0 aliphatic heterocycles. The molecular formula is C11H13NO3. The number of benzene rings is 1. The van der Waals surface area contributed by atoms with Gasteiger partial charge < -0.3 is 9.94 Å². The zero-order chi connectivity index (χ0) is 11.1. The third-order valence-electron chi connectivity index (χ3n) is 1.90. The van der Waals surface area contributed by atoms with Crippen molar-refractivity contribution in [1.82, 2.24) is 0 Å². The van der Waals surface area contributed by atoms with Crippen LogP contribution in [-0.4, -0.2) is 17.3 Å². The molecule has 0 atom stereocenters. The van der Waals surface area contributed by atoms with Crippen molar-refractivity contribution in [1.29, 1.82) is 0 Å². The van der Waals surface area contributed by atoms with Crippen LogP contribution in [0.15, 0.2) is 29.4 Å². The Morgan fingerprint density at radius 2 is 2.27 bits per heavy atom. The second-order valence-electron chi connectivity index (χ2n) is 3.09. The average molecular weight is 207 g/mol. The summed E-state index contributed by atoms with van der Waals surface area (Å²) in [5.41, 5.74) is 2.18. The van der Waals surface area contributed by atoms with Crippen LogP contribution in [0.3, 0.4) is 0 Å². The van der Waals surface area contributed by atoms with Crippen LogP contribution < -0.4 is 0 Å². The van der Waals surface area contributed by atoms with Crippen LogP contribution in [0.25, 0.3) is 0 Å². The molecule has 4 nitrogen and oxygen atoms in total. The quantitative estimate of drug-likeness (QED) is 0.593. The summed E-state index contributed by atoms with van der Waals surface area (Å²) < 4.78 is 0. The lowest BCUT2D eigenvalue weighted by Gasteiger charge is -2.02. The molecule has 0 aliphatic carbocycles. The van der Waals surface area contributed by atoms with E-state index in [0.29, 0.717) is 6.61 Å². The molecule has 0 fully saturated rings. The highest BCUT2D eigenvalue weighted by Gasteiger charge is 1.96. The molecule has 0 saturated heterocycles. The third kappa shape index (κ3) is 4.26. The Balaban J connectivity index is 2.35. The van der Waals surface area contributed by atoms with Gasteiger partial charge in [0.2, 0.25) is 0 Å². The molecule has 0 aromatic heterocycles. The highest BCUT2D eigenvalue weighted by molar-refractivity contribution is 5.84. The van der Waals surface area contributed by atoms with Crippen molar-refractivity contribution in [3.8, 4) is 0 Å². The van der Waals surface area contributed by atoms with Crippen LogP contribution in [0.1, 0.15) is 17.5 Å². The second kappa shape index (κ2) is 5.80. The number of carboxylic acid groups (broad SMARTS) is 1. The Morgan fingerprint density at radius 1 is 1.53 bits per heavy atom. The van der Waals surface area contributed by atoms with Gasteiger partial charge in [0, 0.05) is 0 Å². The first-order valence-corrected chi connectivity index (χ1v) is 4.60. The first-order valence-electron chi connectivity index (χ1n) is 4.60. The first kappa shape index (κ1) is 11.2. The summed E-state index contributed by atoms with van der Waals surface area (Å²) in [7, 11) is 0. The number of oxime groups is 1. The summed E-state index contributed by atoms with van der Waals surface area (Å²) in [4.78, 5) is 15.1. The number of nitrogens with zero attached hydrogens (tertiary/aromatic N) is 1. The van der Waals surface area contributed by atoms with Gasteiger partial charge in [0.25, 0.3) is 0 Å². The van der Waals surface area contributed by atoms with Crippen LogP contribution in [-0.2, 0) is 16.2 Å². The van der Waals surface area contributed by atoms with Gasteiger partial charge in [-0.1, -0.05) is 29.4 Å². The number of carboxylic acids is 1. The number of rotatable bonds is 5. The Kier molecular flexibility index (Phi) is 4.34. The fourth-order valence-corrected chi connectivity index (χ4v) is 1.05. The SMILES string of the molecule is Cc1ccccc1CO/N=C\CC(=O)O. The second-order valence-corrected chi connectivity index (χ2v) is 3.09. The highest BCUT2D eigenvalue weighted by Crippen LogP contribution is 2.07. The third-order valence-corrected chi connectivity index (χ3v) is 1.90. The van der Waals surface area contributed by atoms with Gasteiger partial charge in [-0.05, 0) is 18.1 Å². The van der Waals surface area contributed by atoms with E-state index in [-0.39, 0.29) is 6.42 Å². The van der Waals surface area contributed by atoms with Crippen molar-refractivity contribution < 1.29 is 14.7 Å². The molecule has 0 spiro atoms. The van der Waals surface area contributed by atoms with E-state index in [4.69, 9.17) is 9.94 Å². The van der Waals surface area contributed by atoms with E-state index in [2.05, 4.69) is 5.16 Å². The lowest BCUT2D eigenvalue weighted by molar-refractivity contribution is -0.135. The molecule has 1 rings (SSSR count). The lowest BCUT2D eigenvalue weighted by atomic mass is 10.1. The summed E-state index contributed by atoms with van der Waals surface area (Å²) in [5.74, 6) is -0.918. The maximum absolute atomic E-state index is 10.1. The molecule has 0 heterocycles.